The van der Waals surface area contributed by atoms with E-state index in [9.17, 15) is 4.79 Å². The molecule has 0 aliphatic heterocycles. The fourth-order valence-electron chi connectivity index (χ4n) is 5.64. The van der Waals surface area contributed by atoms with E-state index in [0.717, 1.165) is 23.4 Å². The molecule has 0 aromatic heterocycles. The Morgan fingerprint density at radius 3 is 2.25 bits per heavy atom. The third-order valence-electron chi connectivity index (χ3n) is 6.07. The van der Waals surface area contributed by atoms with Gasteiger partial charge in [-0.3, -0.25) is 0 Å². The minimum absolute atomic E-state index is 0.122. The largest absolute Gasteiger partial charge is 0.459 e. The van der Waals surface area contributed by atoms with Crippen LogP contribution in [0.5, 0.6) is 0 Å². The Kier molecular flexibility index (Phi) is 3.74. The molecule has 5 rings (SSSR count). The number of hydrogen-bond donors (Lipinski definition) is 2. The first-order valence-electron chi connectivity index (χ1n) is 9.31. The number of benzene rings is 1. The molecule has 4 fully saturated rings. The lowest BCUT2D eigenvalue weighted by Gasteiger charge is -2.57. The van der Waals surface area contributed by atoms with Crippen LogP contribution in [0.1, 0.15) is 62.7 Å². The van der Waals surface area contributed by atoms with E-state index in [-0.39, 0.29) is 17.6 Å². The van der Waals surface area contributed by atoms with E-state index in [4.69, 9.17) is 10.5 Å². The van der Waals surface area contributed by atoms with Crippen LogP contribution >= 0.6 is 0 Å². The van der Waals surface area contributed by atoms with Gasteiger partial charge < -0.3 is 15.8 Å². The van der Waals surface area contributed by atoms with Crippen molar-refractivity contribution in [3.05, 3.63) is 23.8 Å². The molecular weight excluding hydrogens is 300 g/mol. The van der Waals surface area contributed by atoms with Crippen molar-refractivity contribution in [3.8, 4) is 0 Å². The van der Waals surface area contributed by atoms with Crippen LogP contribution in [-0.4, -0.2) is 17.6 Å². The molecule has 4 aliphatic carbocycles. The molecule has 3 N–H and O–H groups in total. The van der Waals surface area contributed by atoms with Gasteiger partial charge in [-0.05, 0) is 88.3 Å². The second-order valence-corrected chi connectivity index (χ2v) is 8.58. The molecule has 0 radical (unpaired) electrons. The maximum absolute atomic E-state index is 12.0. The molecule has 1 aromatic rings. The number of nitrogens with one attached hydrogen (secondary N) is 1. The van der Waals surface area contributed by atoms with Crippen LogP contribution in [0.3, 0.4) is 0 Å². The van der Waals surface area contributed by atoms with Crippen LogP contribution in [0, 0.1) is 17.8 Å². The summed E-state index contributed by atoms with van der Waals surface area (Å²) in [6.07, 6.45) is 7.98. The Morgan fingerprint density at radius 1 is 1.17 bits per heavy atom. The van der Waals surface area contributed by atoms with Gasteiger partial charge in [0.15, 0.2) is 0 Å². The number of nitrogens with two attached hydrogens (primary N) is 1. The summed E-state index contributed by atoms with van der Waals surface area (Å²) in [4.78, 5) is 12.0. The molecule has 4 heteroatoms. The van der Waals surface area contributed by atoms with Gasteiger partial charge in [-0.1, -0.05) is 0 Å². The molecule has 0 saturated heterocycles. The van der Waals surface area contributed by atoms with E-state index in [2.05, 4.69) is 5.32 Å². The Balaban J connectivity index is 1.52. The third-order valence-corrected chi connectivity index (χ3v) is 6.07. The Labute approximate surface area is 144 Å². The maximum atomic E-state index is 12.0. The summed E-state index contributed by atoms with van der Waals surface area (Å²) < 4.78 is 5.25. The van der Waals surface area contributed by atoms with Crippen molar-refractivity contribution in [3.63, 3.8) is 0 Å². The summed E-state index contributed by atoms with van der Waals surface area (Å²) in [7, 11) is 0. The molecule has 0 unspecified atom stereocenters. The minimum atomic E-state index is -0.307. The molecule has 0 amide bonds. The predicted octanol–water partition coefficient (Wildman–Crippen LogP) is 4.21. The van der Waals surface area contributed by atoms with Gasteiger partial charge >= 0.3 is 5.97 Å². The molecule has 4 saturated carbocycles. The van der Waals surface area contributed by atoms with Crippen LogP contribution in [-0.2, 0) is 4.74 Å². The van der Waals surface area contributed by atoms with Crippen LogP contribution in [0.25, 0.3) is 0 Å². The number of anilines is 2. The minimum Gasteiger partial charge on any atom is -0.459 e. The highest BCUT2D eigenvalue weighted by molar-refractivity contribution is 5.92. The second-order valence-electron chi connectivity index (χ2n) is 8.58. The van der Waals surface area contributed by atoms with Crippen molar-refractivity contribution in [1.29, 1.82) is 0 Å². The van der Waals surface area contributed by atoms with Gasteiger partial charge in [0.1, 0.15) is 0 Å². The van der Waals surface area contributed by atoms with Gasteiger partial charge in [-0.25, -0.2) is 4.79 Å². The van der Waals surface area contributed by atoms with Crippen LogP contribution in [0.4, 0.5) is 11.4 Å². The van der Waals surface area contributed by atoms with Gasteiger partial charge in [0, 0.05) is 5.54 Å². The molecule has 4 nitrogen and oxygen atoms in total. The van der Waals surface area contributed by atoms with Crippen LogP contribution < -0.4 is 11.1 Å². The fourth-order valence-corrected chi connectivity index (χ4v) is 5.64. The van der Waals surface area contributed by atoms with Gasteiger partial charge in [0.25, 0.3) is 0 Å². The highest BCUT2D eigenvalue weighted by atomic mass is 16.5. The zero-order valence-corrected chi connectivity index (χ0v) is 14.7. The van der Waals surface area contributed by atoms with Crippen molar-refractivity contribution in [2.75, 3.05) is 11.1 Å². The van der Waals surface area contributed by atoms with Crippen molar-refractivity contribution in [2.24, 2.45) is 17.8 Å². The molecule has 130 valence electrons. The van der Waals surface area contributed by atoms with Crippen molar-refractivity contribution in [1.82, 2.24) is 0 Å². The number of carbonyl (C=O) groups is 1. The van der Waals surface area contributed by atoms with Gasteiger partial charge in [-0.2, -0.15) is 0 Å². The average Bonchev–Trinajstić information content (AvgIpc) is 2.47. The number of nitrogen functional groups attached to an aromatic ring is 1. The molecule has 0 atom stereocenters. The maximum Gasteiger partial charge on any atom is 0.338 e. The molecule has 0 spiro atoms. The summed E-state index contributed by atoms with van der Waals surface area (Å²) in [5.74, 6) is 2.37. The van der Waals surface area contributed by atoms with E-state index >= 15 is 0 Å². The Hall–Kier alpha value is -1.71. The third kappa shape index (κ3) is 2.87. The highest BCUT2D eigenvalue weighted by Gasteiger charge is 2.51. The van der Waals surface area contributed by atoms with Crippen molar-refractivity contribution in [2.45, 2.75) is 64.0 Å². The first-order chi connectivity index (χ1) is 11.4. The van der Waals surface area contributed by atoms with Crippen molar-refractivity contribution >= 4 is 17.3 Å². The first-order valence-corrected chi connectivity index (χ1v) is 9.31. The lowest BCUT2D eigenvalue weighted by atomic mass is 9.53. The van der Waals surface area contributed by atoms with Gasteiger partial charge in [0.2, 0.25) is 0 Å². The van der Waals surface area contributed by atoms with Gasteiger partial charge in [-0.15, -0.1) is 0 Å². The number of hydrogen-bond acceptors (Lipinski definition) is 4. The van der Waals surface area contributed by atoms with Gasteiger partial charge in [0.05, 0.1) is 23.0 Å². The molecular formula is C20H28N2O2. The topological polar surface area (TPSA) is 64.3 Å². The Bertz CT molecular complexity index is 618. The molecule has 24 heavy (non-hydrogen) atoms. The summed E-state index contributed by atoms with van der Waals surface area (Å²) in [6.45, 7) is 3.70. The quantitative estimate of drug-likeness (QED) is 0.642. The normalized spacial score (nSPS) is 33.7. The van der Waals surface area contributed by atoms with Crippen molar-refractivity contribution < 1.29 is 9.53 Å². The zero-order chi connectivity index (χ0) is 16.9. The summed E-state index contributed by atoms with van der Waals surface area (Å²) >= 11 is 0. The molecule has 4 aliphatic rings. The molecule has 0 heterocycles. The number of rotatable bonds is 4. The summed E-state index contributed by atoms with van der Waals surface area (Å²) in [5.41, 5.74) is 8.61. The highest BCUT2D eigenvalue weighted by Crippen LogP contribution is 2.56. The number of carbonyl (C=O) groups excluding carboxylic acids is 1. The zero-order valence-electron chi connectivity index (χ0n) is 14.7. The molecule has 4 bridgehead atoms. The standard InChI is InChI=1S/C20H28N2O2/c1-12(2)24-19(23)16-3-4-18(17(21)8-16)22-20-9-13-5-14(10-20)7-15(6-13)11-20/h3-4,8,12-15,22H,5-7,9-11,21H2,1-2H3. The van der Waals surface area contributed by atoms with E-state index in [1.54, 1.807) is 6.07 Å². The average molecular weight is 328 g/mol. The number of esters is 1. The lowest BCUT2D eigenvalue weighted by Crippen LogP contribution is -2.54. The number of ether oxygens (including phenoxy) is 1. The van der Waals surface area contributed by atoms with Crippen LogP contribution in [0.2, 0.25) is 0 Å². The predicted molar refractivity (Wildman–Crippen MR) is 95.9 cm³/mol. The first kappa shape index (κ1) is 15.8. The van der Waals surface area contributed by atoms with E-state index in [1.165, 1.54) is 38.5 Å². The fraction of sp³-hybridized carbons (Fsp3) is 0.650. The van der Waals surface area contributed by atoms with E-state index in [0.29, 0.717) is 11.3 Å². The van der Waals surface area contributed by atoms with Crippen LogP contribution in [0.15, 0.2) is 18.2 Å². The monoisotopic (exact) mass is 328 g/mol. The summed E-state index contributed by atoms with van der Waals surface area (Å²) in [5, 5.41) is 3.78. The lowest BCUT2D eigenvalue weighted by molar-refractivity contribution is 0.0107. The van der Waals surface area contributed by atoms with E-state index in [1.807, 2.05) is 26.0 Å². The molecule has 1 aromatic carbocycles. The smallest absolute Gasteiger partial charge is 0.338 e. The van der Waals surface area contributed by atoms with E-state index < -0.39 is 0 Å². The summed E-state index contributed by atoms with van der Waals surface area (Å²) in [6, 6.07) is 5.52. The SMILES string of the molecule is CC(C)OC(=O)c1ccc(NC23CC4CC(CC(C4)C2)C3)c(N)c1. The Morgan fingerprint density at radius 2 is 1.75 bits per heavy atom. The second kappa shape index (κ2) is 5.68.